The van der Waals surface area contributed by atoms with Gasteiger partial charge in [0.1, 0.15) is 5.82 Å². The first-order chi connectivity index (χ1) is 15.6. The lowest BCUT2D eigenvalue weighted by Gasteiger charge is -2.20. The molecule has 0 saturated heterocycles. The fraction of sp³-hybridized carbons (Fsp3) is 0.261. The van der Waals surface area contributed by atoms with E-state index < -0.39 is 11.9 Å². The summed E-state index contributed by atoms with van der Waals surface area (Å²) in [5.74, 6) is -3.18. The van der Waals surface area contributed by atoms with Gasteiger partial charge in [0, 0.05) is 0 Å². The number of aliphatic carboxylic acids is 2. The molecule has 1 atom stereocenters. The van der Waals surface area contributed by atoms with Crippen molar-refractivity contribution < 1.29 is 24.6 Å². The Bertz CT molecular complexity index is 1190. The molecule has 174 valence electrons. The number of nitrogens with zero attached hydrogens (tertiary/aromatic N) is 2. The van der Waals surface area contributed by atoms with Crippen molar-refractivity contribution in [3.8, 4) is 0 Å². The Balaban J connectivity index is 0.000000569. The third-order valence-electron chi connectivity index (χ3n) is 4.71. The van der Waals surface area contributed by atoms with Crippen LogP contribution in [0.1, 0.15) is 29.9 Å². The van der Waals surface area contributed by atoms with Crippen LogP contribution in [0.25, 0.3) is 10.9 Å². The SMILES string of the molecule is Cc1ccccc1C(C)NC(=O)CN(C)Cc1nc2ccccc2c(=O)[nH]1.O=C(O)C(=O)O. The molecule has 0 radical (unpaired) electrons. The number of fused-ring (bicyclic) bond motifs is 1. The molecule has 33 heavy (non-hydrogen) atoms. The number of aromatic amines is 1. The number of para-hydroxylation sites is 1. The minimum Gasteiger partial charge on any atom is -0.473 e. The van der Waals surface area contributed by atoms with Crippen molar-refractivity contribution in [2.75, 3.05) is 13.6 Å². The monoisotopic (exact) mass is 454 g/mol. The van der Waals surface area contributed by atoms with Gasteiger partial charge in [0.05, 0.1) is 30.0 Å². The average molecular weight is 454 g/mol. The van der Waals surface area contributed by atoms with Gasteiger partial charge in [0.15, 0.2) is 0 Å². The highest BCUT2D eigenvalue weighted by Gasteiger charge is 2.14. The van der Waals surface area contributed by atoms with Gasteiger partial charge >= 0.3 is 11.9 Å². The lowest BCUT2D eigenvalue weighted by atomic mass is 10.0. The number of carboxylic acid groups (broad SMARTS) is 2. The van der Waals surface area contributed by atoms with Crippen molar-refractivity contribution in [3.05, 3.63) is 75.8 Å². The first-order valence-electron chi connectivity index (χ1n) is 10.1. The molecule has 1 aromatic heterocycles. The zero-order valence-corrected chi connectivity index (χ0v) is 18.5. The molecule has 0 bridgehead atoms. The molecule has 0 aliphatic rings. The Kier molecular flexibility index (Phi) is 8.81. The van der Waals surface area contributed by atoms with Crippen LogP contribution in [0.5, 0.6) is 0 Å². The number of carbonyl (C=O) groups excluding carboxylic acids is 1. The van der Waals surface area contributed by atoms with Gasteiger partial charge in [-0.3, -0.25) is 14.5 Å². The minimum absolute atomic E-state index is 0.0642. The predicted octanol–water partition coefficient (Wildman–Crippen LogP) is 1.70. The predicted molar refractivity (Wildman–Crippen MR) is 122 cm³/mol. The highest BCUT2D eigenvalue weighted by atomic mass is 16.4. The maximum absolute atomic E-state index is 12.4. The highest BCUT2D eigenvalue weighted by molar-refractivity contribution is 6.27. The molecule has 1 amide bonds. The summed E-state index contributed by atoms with van der Waals surface area (Å²) in [5.41, 5.74) is 2.74. The zero-order valence-electron chi connectivity index (χ0n) is 18.5. The topological polar surface area (TPSA) is 153 Å². The molecule has 0 spiro atoms. The molecular weight excluding hydrogens is 428 g/mol. The number of likely N-dealkylation sites (N-methyl/N-ethyl adjacent to an activating group) is 1. The van der Waals surface area contributed by atoms with E-state index in [4.69, 9.17) is 19.8 Å². The first kappa shape index (κ1) is 25.2. The summed E-state index contributed by atoms with van der Waals surface area (Å²) in [6, 6.07) is 15.2. The number of carboxylic acids is 2. The Morgan fingerprint density at radius 1 is 1.06 bits per heavy atom. The molecule has 0 aliphatic heterocycles. The van der Waals surface area contributed by atoms with E-state index in [-0.39, 0.29) is 24.1 Å². The summed E-state index contributed by atoms with van der Waals surface area (Å²) >= 11 is 0. The number of aromatic nitrogens is 2. The number of amides is 1. The van der Waals surface area contributed by atoms with Gasteiger partial charge in [-0.15, -0.1) is 0 Å². The van der Waals surface area contributed by atoms with Gasteiger partial charge in [-0.25, -0.2) is 14.6 Å². The molecule has 4 N–H and O–H groups in total. The number of hydrogen-bond donors (Lipinski definition) is 4. The van der Waals surface area contributed by atoms with E-state index in [2.05, 4.69) is 15.3 Å². The Morgan fingerprint density at radius 2 is 1.67 bits per heavy atom. The molecule has 0 aliphatic carbocycles. The van der Waals surface area contributed by atoms with Crippen molar-refractivity contribution in [1.29, 1.82) is 0 Å². The van der Waals surface area contributed by atoms with E-state index in [1.807, 2.05) is 68.3 Å². The molecular formula is C23H26N4O6. The second-order valence-corrected chi connectivity index (χ2v) is 7.46. The van der Waals surface area contributed by atoms with Crippen LogP contribution in [0.2, 0.25) is 0 Å². The Labute approximate surface area is 189 Å². The third-order valence-corrected chi connectivity index (χ3v) is 4.71. The molecule has 0 fully saturated rings. The van der Waals surface area contributed by atoms with Crippen LogP contribution in [0, 0.1) is 6.92 Å². The summed E-state index contributed by atoms with van der Waals surface area (Å²) in [4.78, 5) is 51.8. The maximum atomic E-state index is 12.4. The minimum atomic E-state index is -1.82. The summed E-state index contributed by atoms with van der Waals surface area (Å²) in [6.45, 7) is 4.60. The van der Waals surface area contributed by atoms with Gasteiger partial charge in [-0.2, -0.15) is 0 Å². The number of rotatable bonds is 6. The summed E-state index contributed by atoms with van der Waals surface area (Å²) in [6.07, 6.45) is 0. The second kappa shape index (κ2) is 11.5. The third kappa shape index (κ3) is 7.54. The standard InChI is InChI=1S/C21H24N4O2.C2H2O4/c1-14-8-4-5-9-16(14)15(2)22-20(26)13-25(3)12-19-23-18-11-7-6-10-17(18)21(27)24-19;3-1(4)2(5)6/h4-11,15H,12-13H2,1-3H3,(H,22,26)(H,23,24,27);(H,3,4)(H,5,6). The number of hydrogen-bond acceptors (Lipinski definition) is 6. The zero-order chi connectivity index (χ0) is 24.5. The lowest BCUT2D eigenvalue weighted by Crippen LogP contribution is -2.36. The molecule has 3 aromatic rings. The normalized spacial score (nSPS) is 11.4. The van der Waals surface area contributed by atoms with Crippen molar-refractivity contribution in [2.45, 2.75) is 26.4 Å². The highest BCUT2D eigenvalue weighted by Crippen LogP contribution is 2.16. The molecule has 2 aromatic carbocycles. The van der Waals surface area contributed by atoms with E-state index in [9.17, 15) is 9.59 Å². The average Bonchev–Trinajstić information content (AvgIpc) is 2.74. The summed E-state index contributed by atoms with van der Waals surface area (Å²) < 4.78 is 0. The quantitative estimate of drug-likeness (QED) is 0.411. The Morgan fingerprint density at radius 3 is 2.30 bits per heavy atom. The summed E-state index contributed by atoms with van der Waals surface area (Å²) in [5, 5.41) is 18.4. The van der Waals surface area contributed by atoms with Gasteiger partial charge in [-0.05, 0) is 44.2 Å². The molecule has 0 saturated carbocycles. The van der Waals surface area contributed by atoms with E-state index in [1.165, 1.54) is 0 Å². The molecule has 3 rings (SSSR count). The van der Waals surface area contributed by atoms with Crippen LogP contribution in [0.15, 0.2) is 53.3 Å². The number of carbonyl (C=O) groups is 3. The van der Waals surface area contributed by atoms with Crippen LogP contribution in [-0.2, 0) is 20.9 Å². The van der Waals surface area contributed by atoms with Gasteiger partial charge in [-0.1, -0.05) is 36.4 Å². The van der Waals surface area contributed by atoms with Crippen molar-refractivity contribution in [3.63, 3.8) is 0 Å². The van der Waals surface area contributed by atoms with Crippen LogP contribution in [0.3, 0.4) is 0 Å². The molecule has 1 heterocycles. The summed E-state index contributed by atoms with van der Waals surface area (Å²) in [7, 11) is 1.83. The van der Waals surface area contributed by atoms with Crippen molar-refractivity contribution >= 4 is 28.7 Å². The van der Waals surface area contributed by atoms with Crippen molar-refractivity contribution in [1.82, 2.24) is 20.2 Å². The maximum Gasteiger partial charge on any atom is 0.414 e. The first-order valence-corrected chi connectivity index (χ1v) is 10.1. The fourth-order valence-corrected chi connectivity index (χ4v) is 3.20. The molecule has 10 nitrogen and oxygen atoms in total. The van der Waals surface area contributed by atoms with Crippen LogP contribution in [-0.4, -0.2) is 56.5 Å². The second-order valence-electron chi connectivity index (χ2n) is 7.46. The number of benzene rings is 2. The number of aryl methyl sites for hydroxylation is 1. The number of H-pyrrole nitrogens is 1. The van der Waals surface area contributed by atoms with Gasteiger partial charge in [0.25, 0.3) is 5.56 Å². The van der Waals surface area contributed by atoms with E-state index in [0.717, 1.165) is 11.1 Å². The Hall–Kier alpha value is -4.05. The van der Waals surface area contributed by atoms with E-state index in [1.54, 1.807) is 6.07 Å². The van der Waals surface area contributed by atoms with Crippen LogP contribution in [0.4, 0.5) is 0 Å². The van der Waals surface area contributed by atoms with Crippen molar-refractivity contribution in [2.24, 2.45) is 0 Å². The largest absolute Gasteiger partial charge is 0.473 e. The van der Waals surface area contributed by atoms with Crippen LogP contribution < -0.4 is 10.9 Å². The van der Waals surface area contributed by atoms with E-state index in [0.29, 0.717) is 23.3 Å². The van der Waals surface area contributed by atoms with Crippen LogP contribution >= 0.6 is 0 Å². The van der Waals surface area contributed by atoms with E-state index >= 15 is 0 Å². The van der Waals surface area contributed by atoms with Gasteiger partial charge in [0.2, 0.25) is 5.91 Å². The molecule has 1 unspecified atom stereocenters. The smallest absolute Gasteiger partial charge is 0.414 e. The van der Waals surface area contributed by atoms with Gasteiger partial charge < -0.3 is 20.5 Å². The fourth-order valence-electron chi connectivity index (χ4n) is 3.20. The lowest BCUT2D eigenvalue weighted by molar-refractivity contribution is -0.159. The molecule has 10 heteroatoms. The number of nitrogens with one attached hydrogen (secondary N) is 2.